The number of thiophene rings is 1. The number of amides is 3. The summed E-state index contributed by atoms with van der Waals surface area (Å²) in [5.41, 5.74) is 1.67. The van der Waals surface area contributed by atoms with Crippen LogP contribution in [0.2, 0.25) is 0 Å². The van der Waals surface area contributed by atoms with Crippen molar-refractivity contribution in [1.82, 2.24) is 10.3 Å². The van der Waals surface area contributed by atoms with Gasteiger partial charge in [-0.1, -0.05) is 18.2 Å². The second-order valence-corrected chi connectivity index (χ2v) is 6.23. The monoisotopic (exact) mass is 352 g/mol. The third-order valence-corrected chi connectivity index (χ3v) is 4.30. The molecule has 0 aliphatic heterocycles. The number of hydrogen-bond donors (Lipinski definition) is 3. The highest BCUT2D eigenvalue weighted by Gasteiger charge is 2.11. The van der Waals surface area contributed by atoms with Crippen molar-refractivity contribution in [3.63, 3.8) is 0 Å². The molecule has 2 heterocycles. The number of nitrogens with one attached hydrogen (secondary N) is 3. The summed E-state index contributed by atoms with van der Waals surface area (Å²) in [6, 6.07) is 15.9. The number of aromatic nitrogens is 1. The normalized spacial score (nSPS) is 10.1. The van der Waals surface area contributed by atoms with Gasteiger partial charge in [-0.15, -0.1) is 11.3 Å². The van der Waals surface area contributed by atoms with Gasteiger partial charge in [-0.05, 0) is 42.0 Å². The lowest BCUT2D eigenvalue weighted by molar-refractivity contribution is 0.0955. The first-order valence-corrected chi connectivity index (χ1v) is 8.42. The van der Waals surface area contributed by atoms with Gasteiger partial charge in [0, 0.05) is 24.6 Å². The first-order valence-electron chi connectivity index (χ1n) is 7.61. The predicted molar refractivity (Wildman–Crippen MR) is 98.8 cm³/mol. The van der Waals surface area contributed by atoms with Gasteiger partial charge >= 0.3 is 6.03 Å². The number of urea groups is 1. The van der Waals surface area contributed by atoms with Crippen molar-refractivity contribution in [3.05, 3.63) is 77.4 Å². The van der Waals surface area contributed by atoms with Crippen molar-refractivity contribution in [1.29, 1.82) is 0 Å². The first kappa shape index (κ1) is 16.7. The minimum Gasteiger partial charge on any atom is -0.347 e. The molecule has 0 saturated carbocycles. The third kappa shape index (κ3) is 4.89. The topological polar surface area (TPSA) is 83.1 Å². The molecule has 3 N–H and O–H groups in total. The van der Waals surface area contributed by atoms with E-state index in [1.165, 1.54) is 11.3 Å². The highest BCUT2D eigenvalue weighted by Crippen LogP contribution is 2.22. The Hall–Kier alpha value is -3.19. The van der Waals surface area contributed by atoms with Crippen LogP contribution in [-0.4, -0.2) is 16.9 Å². The van der Waals surface area contributed by atoms with E-state index in [1.807, 2.05) is 30.3 Å². The van der Waals surface area contributed by atoms with Crippen LogP contribution in [0.15, 0.2) is 67.0 Å². The zero-order valence-corrected chi connectivity index (χ0v) is 14.0. The van der Waals surface area contributed by atoms with E-state index >= 15 is 0 Å². The minimum absolute atomic E-state index is 0.182. The maximum atomic E-state index is 12.2. The maximum absolute atomic E-state index is 12.2. The number of carbonyl (C=O) groups excluding carboxylic acids is 2. The van der Waals surface area contributed by atoms with Crippen molar-refractivity contribution in [2.24, 2.45) is 0 Å². The molecular weight excluding hydrogens is 336 g/mol. The smallest absolute Gasteiger partial charge is 0.324 e. The van der Waals surface area contributed by atoms with Crippen LogP contribution in [0.5, 0.6) is 0 Å². The lowest BCUT2D eigenvalue weighted by Gasteiger charge is -2.05. The predicted octanol–water partition coefficient (Wildman–Crippen LogP) is 3.72. The molecule has 126 valence electrons. The van der Waals surface area contributed by atoms with E-state index in [0.29, 0.717) is 22.1 Å². The molecule has 0 atom stereocenters. The molecule has 1 aromatic carbocycles. The zero-order valence-electron chi connectivity index (χ0n) is 13.2. The van der Waals surface area contributed by atoms with Crippen LogP contribution in [0.3, 0.4) is 0 Å². The summed E-state index contributed by atoms with van der Waals surface area (Å²) < 4.78 is 0. The molecule has 3 rings (SSSR count). The Morgan fingerprint density at radius 1 is 0.920 bits per heavy atom. The summed E-state index contributed by atoms with van der Waals surface area (Å²) in [6.07, 6.45) is 3.36. The van der Waals surface area contributed by atoms with Gasteiger partial charge in [0.2, 0.25) is 0 Å². The summed E-state index contributed by atoms with van der Waals surface area (Å²) in [5.74, 6) is -0.182. The van der Waals surface area contributed by atoms with Gasteiger partial charge in [0.15, 0.2) is 0 Å². The number of para-hydroxylation sites is 1. The molecule has 0 spiro atoms. The molecule has 2 aromatic heterocycles. The van der Waals surface area contributed by atoms with Crippen LogP contribution in [0.4, 0.5) is 15.5 Å². The quantitative estimate of drug-likeness (QED) is 0.654. The number of benzene rings is 1. The Bertz CT molecular complexity index is 850. The SMILES string of the molecule is O=C(Nc1ccccc1)Nc1ccc(C(=O)NCc2ccncc2)s1. The van der Waals surface area contributed by atoms with Crippen molar-refractivity contribution in [3.8, 4) is 0 Å². The Labute approximate surface area is 148 Å². The van der Waals surface area contributed by atoms with Crippen LogP contribution < -0.4 is 16.0 Å². The van der Waals surface area contributed by atoms with Crippen LogP contribution in [0, 0.1) is 0 Å². The molecule has 0 fully saturated rings. The van der Waals surface area contributed by atoms with Crippen molar-refractivity contribution < 1.29 is 9.59 Å². The van der Waals surface area contributed by atoms with E-state index in [2.05, 4.69) is 20.9 Å². The molecule has 25 heavy (non-hydrogen) atoms. The third-order valence-electron chi connectivity index (χ3n) is 3.30. The maximum Gasteiger partial charge on any atom is 0.324 e. The van der Waals surface area contributed by atoms with Crippen LogP contribution in [-0.2, 0) is 6.54 Å². The van der Waals surface area contributed by atoms with Crippen molar-refractivity contribution in [2.75, 3.05) is 10.6 Å². The molecular formula is C18H16N4O2S. The molecule has 0 aliphatic rings. The van der Waals surface area contributed by atoms with E-state index in [0.717, 1.165) is 5.56 Å². The number of carbonyl (C=O) groups is 2. The fourth-order valence-corrected chi connectivity index (χ4v) is 2.91. The number of hydrogen-bond acceptors (Lipinski definition) is 4. The van der Waals surface area contributed by atoms with Gasteiger partial charge in [-0.25, -0.2) is 4.79 Å². The average Bonchev–Trinajstić information content (AvgIpc) is 3.10. The highest BCUT2D eigenvalue weighted by atomic mass is 32.1. The molecule has 0 radical (unpaired) electrons. The van der Waals surface area contributed by atoms with Gasteiger partial charge in [0.1, 0.15) is 0 Å². The average molecular weight is 352 g/mol. The molecule has 0 unspecified atom stereocenters. The van der Waals surface area contributed by atoms with Gasteiger partial charge in [-0.2, -0.15) is 0 Å². The number of pyridine rings is 1. The Morgan fingerprint density at radius 3 is 2.44 bits per heavy atom. The molecule has 0 saturated heterocycles. The standard InChI is InChI=1S/C18H16N4O2S/c23-17(20-12-13-8-10-19-11-9-13)15-6-7-16(25-15)22-18(24)21-14-4-2-1-3-5-14/h1-11H,12H2,(H,20,23)(H2,21,22,24). The van der Waals surface area contributed by atoms with Gasteiger partial charge in [0.05, 0.1) is 9.88 Å². The van der Waals surface area contributed by atoms with E-state index < -0.39 is 0 Å². The fraction of sp³-hybridized carbons (Fsp3) is 0.0556. The minimum atomic E-state index is -0.350. The molecule has 7 heteroatoms. The molecule has 6 nitrogen and oxygen atoms in total. The lowest BCUT2D eigenvalue weighted by atomic mass is 10.2. The summed E-state index contributed by atoms with van der Waals surface area (Å²) in [5, 5.41) is 8.88. The van der Waals surface area contributed by atoms with E-state index in [4.69, 9.17) is 0 Å². The van der Waals surface area contributed by atoms with Gasteiger partial charge < -0.3 is 10.6 Å². The second-order valence-electron chi connectivity index (χ2n) is 5.15. The van der Waals surface area contributed by atoms with Gasteiger partial charge in [0.25, 0.3) is 5.91 Å². The second kappa shape index (κ2) is 8.07. The number of nitrogens with zero attached hydrogens (tertiary/aromatic N) is 1. The lowest BCUT2D eigenvalue weighted by Crippen LogP contribution is -2.21. The molecule has 0 aliphatic carbocycles. The number of rotatable bonds is 5. The summed E-state index contributed by atoms with van der Waals surface area (Å²) in [4.78, 5) is 28.6. The highest BCUT2D eigenvalue weighted by molar-refractivity contribution is 7.18. The molecule has 0 bridgehead atoms. The Morgan fingerprint density at radius 2 is 1.68 bits per heavy atom. The van der Waals surface area contributed by atoms with Crippen LogP contribution in [0.25, 0.3) is 0 Å². The van der Waals surface area contributed by atoms with Crippen LogP contribution in [0.1, 0.15) is 15.2 Å². The Balaban J connectivity index is 1.53. The number of anilines is 2. The van der Waals surface area contributed by atoms with E-state index in [9.17, 15) is 9.59 Å². The summed E-state index contributed by atoms with van der Waals surface area (Å²) in [7, 11) is 0. The van der Waals surface area contributed by atoms with E-state index in [-0.39, 0.29) is 11.9 Å². The Kier molecular flexibility index (Phi) is 5.38. The van der Waals surface area contributed by atoms with Crippen molar-refractivity contribution in [2.45, 2.75) is 6.54 Å². The fourth-order valence-electron chi connectivity index (χ4n) is 2.09. The van der Waals surface area contributed by atoms with Crippen molar-refractivity contribution >= 4 is 34.0 Å². The summed E-state index contributed by atoms with van der Waals surface area (Å²) >= 11 is 1.22. The largest absolute Gasteiger partial charge is 0.347 e. The first-order chi connectivity index (χ1) is 12.2. The summed E-state index contributed by atoms with van der Waals surface area (Å²) in [6.45, 7) is 0.427. The van der Waals surface area contributed by atoms with E-state index in [1.54, 1.807) is 36.7 Å². The zero-order chi connectivity index (χ0) is 17.5. The molecule has 3 aromatic rings. The molecule has 3 amide bonds. The van der Waals surface area contributed by atoms with Gasteiger partial charge in [-0.3, -0.25) is 15.1 Å². The van der Waals surface area contributed by atoms with Crippen LogP contribution >= 0.6 is 11.3 Å².